The highest BCUT2D eigenvalue weighted by Crippen LogP contribution is 2.13. The van der Waals surface area contributed by atoms with Gasteiger partial charge in [-0.3, -0.25) is 9.48 Å². The molecule has 2 aromatic rings. The molecule has 2 N–H and O–H groups in total. The molecule has 1 heterocycles. The van der Waals surface area contributed by atoms with Gasteiger partial charge in [0.25, 0.3) is 5.56 Å². The summed E-state index contributed by atoms with van der Waals surface area (Å²) in [7, 11) is 1.90. The Morgan fingerprint density at radius 2 is 1.84 bits per heavy atom. The van der Waals surface area contributed by atoms with Gasteiger partial charge in [0.15, 0.2) is 0 Å². The molecule has 0 aliphatic rings. The maximum Gasteiger partial charge on any atom is 0.290 e. The molecule has 0 unspecified atom stereocenters. The third-order valence-electron chi connectivity index (χ3n) is 3.31. The molecule has 19 heavy (non-hydrogen) atoms. The molecule has 4 nitrogen and oxygen atoms in total. The van der Waals surface area contributed by atoms with Crippen molar-refractivity contribution in [1.82, 2.24) is 9.36 Å². The van der Waals surface area contributed by atoms with Gasteiger partial charge in [-0.15, -0.1) is 0 Å². The van der Waals surface area contributed by atoms with Gasteiger partial charge in [-0.05, 0) is 17.9 Å². The van der Waals surface area contributed by atoms with E-state index in [4.69, 9.17) is 5.73 Å². The van der Waals surface area contributed by atoms with Crippen LogP contribution in [0.4, 0.5) is 5.69 Å². The Labute approximate surface area is 113 Å². The van der Waals surface area contributed by atoms with E-state index in [-0.39, 0.29) is 5.56 Å². The second-order valence-corrected chi connectivity index (χ2v) is 5.33. The van der Waals surface area contributed by atoms with Crippen molar-refractivity contribution in [1.29, 1.82) is 0 Å². The fourth-order valence-corrected chi connectivity index (χ4v) is 2.28. The van der Waals surface area contributed by atoms with E-state index < -0.39 is 0 Å². The number of nitrogen functional groups attached to an aromatic ring is 1. The van der Waals surface area contributed by atoms with Gasteiger partial charge in [-0.25, -0.2) is 4.68 Å². The van der Waals surface area contributed by atoms with E-state index in [0.717, 1.165) is 17.7 Å². The average Bonchev–Trinajstić information content (AvgIpc) is 2.57. The van der Waals surface area contributed by atoms with Gasteiger partial charge in [-0.2, -0.15) is 0 Å². The zero-order valence-electron chi connectivity index (χ0n) is 11.8. The first kappa shape index (κ1) is 13.5. The Hall–Kier alpha value is -1.97. The lowest BCUT2D eigenvalue weighted by Crippen LogP contribution is -2.23. The molecule has 0 saturated heterocycles. The third-order valence-corrected chi connectivity index (χ3v) is 3.31. The van der Waals surface area contributed by atoms with Gasteiger partial charge in [0.1, 0.15) is 5.69 Å². The van der Waals surface area contributed by atoms with Crippen LogP contribution in [0.15, 0.2) is 35.1 Å². The quantitative estimate of drug-likeness (QED) is 0.913. The van der Waals surface area contributed by atoms with Crippen molar-refractivity contribution in [2.45, 2.75) is 26.8 Å². The highest BCUT2D eigenvalue weighted by molar-refractivity contribution is 5.42. The number of nitrogens with two attached hydrogens (primary N) is 1. The number of benzene rings is 1. The normalized spacial score (nSPS) is 11.2. The third kappa shape index (κ3) is 2.72. The van der Waals surface area contributed by atoms with Crippen molar-refractivity contribution >= 4 is 5.69 Å². The summed E-state index contributed by atoms with van der Waals surface area (Å²) in [5.74, 6) is 0.473. The number of nitrogens with zero attached hydrogens (tertiary/aromatic N) is 2. The summed E-state index contributed by atoms with van der Waals surface area (Å²) in [6.45, 7) is 4.80. The van der Waals surface area contributed by atoms with E-state index in [1.807, 2.05) is 42.1 Å². The predicted molar refractivity (Wildman–Crippen MR) is 78.2 cm³/mol. The molecule has 4 heteroatoms. The molecule has 0 bridgehead atoms. The molecule has 0 atom stereocenters. The van der Waals surface area contributed by atoms with E-state index >= 15 is 0 Å². The van der Waals surface area contributed by atoms with E-state index in [0.29, 0.717) is 18.2 Å². The Morgan fingerprint density at radius 3 is 2.42 bits per heavy atom. The molecule has 0 radical (unpaired) electrons. The van der Waals surface area contributed by atoms with Crippen molar-refractivity contribution in [2.24, 2.45) is 13.0 Å². The van der Waals surface area contributed by atoms with Crippen LogP contribution in [0.3, 0.4) is 0 Å². The van der Waals surface area contributed by atoms with Gasteiger partial charge < -0.3 is 5.73 Å². The maximum atomic E-state index is 12.2. The monoisotopic (exact) mass is 259 g/mol. The van der Waals surface area contributed by atoms with Crippen LogP contribution < -0.4 is 11.3 Å². The van der Waals surface area contributed by atoms with Gasteiger partial charge in [-0.1, -0.05) is 44.2 Å². The Balaban J connectivity index is 2.39. The summed E-state index contributed by atoms with van der Waals surface area (Å²) in [4.78, 5) is 12.2. The minimum atomic E-state index is -0.0954. The lowest BCUT2D eigenvalue weighted by molar-refractivity contribution is 0.500. The Morgan fingerprint density at radius 1 is 1.21 bits per heavy atom. The van der Waals surface area contributed by atoms with Crippen molar-refractivity contribution < 1.29 is 0 Å². The van der Waals surface area contributed by atoms with Gasteiger partial charge in [0.05, 0.1) is 12.2 Å². The van der Waals surface area contributed by atoms with Crippen molar-refractivity contribution in [2.75, 3.05) is 5.73 Å². The smallest absolute Gasteiger partial charge is 0.290 e. The highest BCUT2D eigenvalue weighted by atomic mass is 16.1. The van der Waals surface area contributed by atoms with Gasteiger partial charge >= 0.3 is 0 Å². The van der Waals surface area contributed by atoms with Gasteiger partial charge in [0, 0.05) is 7.05 Å². The van der Waals surface area contributed by atoms with Gasteiger partial charge in [0.2, 0.25) is 0 Å². The molecule has 0 amide bonds. The first-order chi connectivity index (χ1) is 9.00. The van der Waals surface area contributed by atoms with Crippen molar-refractivity contribution in [3.8, 4) is 0 Å². The second-order valence-electron chi connectivity index (χ2n) is 5.33. The van der Waals surface area contributed by atoms with Crippen molar-refractivity contribution in [3.05, 3.63) is 51.9 Å². The minimum Gasteiger partial charge on any atom is -0.393 e. The molecule has 2 rings (SSSR count). The molecule has 1 aromatic carbocycles. The molecule has 0 aliphatic heterocycles. The van der Waals surface area contributed by atoms with E-state index in [9.17, 15) is 4.79 Å². The van der Waals surface area contributed by atoms with E-state index in [1.165, 1.54) is 0 Å². The van der Waals surface area contributed by atoms with Crippen LogP contribution in [0.1, 0.15) is 25.1 Å². The molecule has 0 aliphatic carbocycles. The fraction of sp³-hybridized carbons (Fsp3) is 0.400. The number of hydrogen-bond donors (Lipinski definition) is 1. The minimum absolute atomic E-state index is 0.0954. The van der Waals surface area contributed by atoms with Crippen LogP contribution in [0.2, 0.25) is 0 Å². The predicted octanol–water partition coefficient (Wildman–Crippen LogP) is 2.02. The fourth-order valence-electron chi connectivity index (χ4n) is 2.28. The largest absolute Gasteiger partial charge is 0.393 e. The van der Waals surface area contributed by atoms with Crippen molar-refractivity contribution in [3.63, 3.8) is 0 Å². The number of aromatic nitrogens is 2. The first-order valence-electron chi connectivity index (χ1n) is 6.58. The maximum absolute atomic E-state index is 12.2. The van der Waals surface area contributed by atoms with E-state index in [1.54, 1.807) is 4.68 Å². The zero-order valence-corrected chi connectivity index (χ0v) is 11.8. The van der Waals surface area contributed by atoms with Crippen LogP contribution in [-0.2, 0) is 20.0 Å². The molecule has 0 fully saturated rings. The molecular formula is C15H21N3O. The topological polar surface area (TPSA) is 53.0 Å². The lowest BCUT2D eigenvalue weighted by Gasteiger charge is -2.11. The summed E-state index contributed by atoms with van der Waals surface area (Å²) >= 11 is 0. The molecule has 0 spiro atoms. The summed E-state index contributed by atoms with van der Waals surface area (Å²) in [5, 5.41) is 0. The standard InChI is InChI=1S/C15H21N3O/c1-11(2)9-13-14(16)15(19)18(17(13)3)10-12-7-5-4-6-8-12/h4-8,11H,9-10,16H2,1-3H3. The Bertz CT molecular complexity index is 608. The SMILES string of the molecule is CC(C)Cc1c(N)c(=O)n(Cc2ccccc2)n1C. The summed E-state index contributed by atoms with van der Waals surface area (Å²) < 4.78 is 3.59. The number of hydrogen-bond acceptors (Lipinski definition) is 2. The summed E-state index contributed by atoms with van der Waals surface area (Å²) in [5.41, 5.74) is 8.26. The number of anilines is 1. The zero-order chi connectivity index (χ0) is 14.0. The van der Waals surface area contributed by atoms with Crippen LogP contribution >= 0.6 is 0 Å². The highest BCUT2D eigenvalue weighted by Gasteiger charge is 2.16. The summed E-state index contributed by atoms with van der Waals surface area (Å²) in [6.07, 6.45) is 0.819. The lowest BCUT2D eigenvalue weighted by atomic mass is 10.1. The second kappa shape index (κ2) is 5.34. The number of rotatable bonds is 4. The van der Waals surface area contributed by atoms with E-state index in [2.05, 4.69) is 13.8 Å². The molecule has 0 saturated carbocycles. The Kier molecular flexibility index (Phi) is 3.79. The molecule has 102 valence electrons. The van der Waals surface area contributed by atoms with Crippen LogP contribution in [0.25, 0.3) is 0 Å². The first-order valence-corrected chi connectivity index (χ1v) is 6.58. The molecular weight excluding hydrogens is 238 g/mol. The van der Waals surface area contributed by atoms with Crippen LogP contribution in [-0.4, -0.2) is 9.36 Å². The van der Waals surface area contributed by atoms with Crippen LogP contribution in [0.5, 0.6) is 0 Å². The average molecular weight is 259 g/mol. The summed E-state index contributed by atoms with van der Waals surface area (Å²) in [6, 6.07) is 9.94. The van der Waals surface area contributed by atoms with Crippen LogP contribution in [0, 0.1) is 5.92 Å². The molecule has 1 aromatic heterocycles.